The summed E-state index contributed by atoms with van der Waals surface area (Å²) >= 11 is 0. The monoisotopic (exact) mass is 339 g/mol. The Labute approximate surface area is 137 Å². The average Bonchev–Trinajstić information content (AvgIpc) is 2.43. The van der Waals surface area contributed by atoms with Gasteiger partial charge in [-0.05, 0) is 48.4 Å². The maximum absolute atomic E-state index is 13.1. The molecule has 3 rings (SSSR count). The molecule has 1 spiro atoms. The van der Waals surface area contributed by atoms with Gasteiger partial charge < -0.3 is 15.5 Å². The summed E-state index contributed by atoms with van der Waals surface area (Å²) in [7, 11) is 0. The van der Waals surface area contributed by atoms with E-state index in [-0.39, 0.29) is 37.9 Å². The number of benzene rings is 1. The number of aliphatic hydroxyl groups excluding tert-OH is 1. The summed E-state index contributed by atoms with van der Waals surface area (Å²) in [5, 5.41) is 21.2. The number of halogens is 2. The number of alkyl halides is 2. The van der Waals surface area contributed by atoms with Crippen molar-refractivity contribution in [3.8, 4) is 0 Å². The van der Waals surface area contributed by atoms with Crippen molar-refractivity contribution in [3.63, 3.8) is 0 Å². The van der Waals surface area contributed by atoms with Crippen molar-refractivity contribution < 1.29 is 28.6 Å². The molecule has 1 aromatic rings. The molecular formula is C17H19F2NO4. The predicted octanol–water partition coefficient (Wildman–Crippen LogP) is 2.25. The summed E-state index contributed by atoms with van der Waals surface area (Å²) < 4.78 is 26.2. The van der Waals surface area contributed by atoms with E-state index in [2.05, 4.69) is 5.32 Å². The molecule has 0 unspecified atom stereocenters. The lowest BCUT2D eigenvalue weighted by Crippen LogP contribution is -2.70. The van der Waals surface area contributed by atoms with Crippen LogP contribution in [0.2, 0.25) is 0 Å². The molecular weight excluding hydrogens is 320 g/mol. The molecule has 0 saturated heterocycles. The third kappa shape index (κ3) is 2.66. The van der Waals surface area contributed by atoms with E-state index in [0.29, 0.717) is 5.56 Å². The number of hydrogen-bond donors (Lipinski definition) is 3. The van der Waals surface area contributed by atoms with E-state index >= 15 is 0 Å². The van der Waals surface area contributed by atoms with Gasteiger partial charge in [0.15, 0.2) is 0 Å². The van der Waals surface area contributed by atoms with Crippen molar-refractivity contribution >= 4 is 11.9 Å². The van der Waals surface area contributed by atoms with Crippen LogP contribution in [-0.2, 0) is 11.4 Å². The largest absolute Gasteiger partial charge is 0.480 e. The Morgan fingerprint density at radius 2 is 1.83 bits per heavy atom. The summed E-state index contributed by atoms with van der Waals surface area (Å²) in [4.78, 5) is 24.0. The van der Waals surface area contributed by atoms with Crippen LogP contribution in [0.3, 0.4) is 0 Å². The first kappa shape index (κ1) is 16.8. The summed E-state index contributed by atoms with van der Waals surface area (Å²) in [6, 6.07) is 4.72. The Morgan fingerprint density at radius 3 is 2.33 bits per heavy atom. The smallest absolute Gasteiger partial charge is 0.329 e. The zero-order valence-corrected chi connectivity index (χ0v) is 13.2. The SMILES string of the molecule is Cc1ccc(C(=O)NC2(C(=O)O)CC3(CC(F)(F)C3)C2)cc1CO. The topological polar surface area (TPSA) is 86.6 Å². The quantitative estimate of drug-likeness (QED) is 0.785. The highest BCUT2D eigenvalue weighted by molar-refractivity contribution is 5.98. The minimum absolute atomic E-state index is 0.0232. The van der Waals surface area contributed by atoms with E-state index in [9.17, 15) is 28.6 Å². The molecule has 7 heteroatoms. The fourth-order valence-corrected chi connectivity index (χ4v) is 4.09. The molecule has 2 aliphatic rings. The van der Waals surface area contributed by atoms with Crippen molar-refractivity contribution in [2.45, 2.75) is 50.7 Å². The molecule has 0 bridgehead atoms. The third-order valence-electron chi connectivity index (χ3n) is 5.16. The van der Waals surface area contributed by atoms with Gasteiger partial charge in [0.2, 0.25) is 5.92 Å². The van der Waals surface area contributed by atoms with Crippen LogP contribution in [0.4, 0.5) is 8.78 Å². The Balaban J connectivity index is 1.74. The highest BCUT2D eigenvalue weighted by atomic mass is 19.3. The summed E-state index contributed by atoms with van der Waals surface area (Å²) in [6.07, 6.45) is -0.584. The summed E-state index contributed by atoms with van der Waals surface area (Å²) in [6.45, 7) is 1.56. The maximum atomic E-state index is 13.1. The maximum Gasteiger partial charge on any atom is 0.329 e. The van der Waals surface area contributed by atoms with Crippen molar-refractivity contribution in [3.05, 3.63) is 34.9 Å². The Kier molecular flexibility index (Phi) is 3.67. The predicted molar refractivity (Wildman–Crippen MR) is 80.8 cm³/mol. The number of aliphatic hydroxyl groups is 1. The normalized spacial score (nSPS) is 22.3. The first-order chi connectivity index (χ1) is 11.1. The van der Waals surface area contributed by atoms with E-state index in [4.69, 9.17) is 0 Å². The molecule has 2 saturated carbocycles. The van der Waals surface area contributed by atoms with Crippen LogP contribution < -0.4 is 5.32 Å². The second-order valence-corrected chi connectivity index (χ2v) is 7.20. The van der Waals surface area contributed by atoms with Crippen LogP contribution in [0.5, 0.6) is 0 Å². The fraction of sp³-hybridized carbons (Fsp3) is 0.529. The molecule has 0 atom stereocenters. The first-order valence-electron chi connectivity index (χ1n) is 7.75. The standard InChI is InChI=1S/C17H19F2NO4/c1-10-2-3-11(4-12(10)5-21)13(22)20-16(14(23)24)6-15(7-16)8-17(18,19)9-15/h2-4,21H,5-9H2,1H3,(H,20,22)(H,23,24). The number of carbonyl (C=O) groups excluding carboxylic acids is 1. The molecule has 0 radical (unpaired) electrons. The zero-order chi connectivity index (χ0) is 17.8. The first-order valence-corrected chi connectivity index (χ1v) is 7.75. The zero-order valence-electron chi connectivity index (χ0n) is 13.2. The fourth-order valence-electron chi connectivity index (χ4n) is 4.09. The van der Waals surface area contributed by atoms with Gasteiger partial charge in [-0.2, -0.15) is 0 Å². The van der Waals surface area contributed by atoms with E-state index in [0.717, 1.165) is 5.56 Å². The minimum Gasteiger partial charge on any atom is -0.480 e. The van der Waals surface area contributed by atoms with Gasteiger partial charge >= 0.3 is 5.97 Å². The molecule has 0 heterocycles. The van der Waals surface area contributed by atoms with Gasteiger partial charge in [0.1, 0.15) is 5.54 Å². The number of carboxylic acids is 1. The van der Waals surface area contributed by atoms with Crippen LogP contribution in [0, 0.1) is 12.3 Å². The van der Waals surface area contributed by atoms with Crippen LogP contribution in [0.25, 0.3) is 0 Å². The number of amides is 1. The van der Waals surface area contributed by atoms with Crippen molar-refractivity contribution in [2.24, 2.45) is 5.41 Å². The molecule has 5 nitrogen and oxygen atoms in total. The molecule has 1 amide bonds. The van der Waals surface area contributed by atoms with E-state index in [1.807, 2.05) is 0 Å². The van der Waals surface area contributed by atoms with Gasteiger partial charge in [-0.3, -0.25) is 4.79 Å². The van der Waals surface area contributed by atoms with Crippen LogP contribution in [0.15, 0.2) is 18.2 Å². The van der Waals surface area contributed by atoms with Gasteiger partial charge in [0.25, 0.3) is 5.91 Å². The summed E-state index contributed by atoms with van der Waals surface area (Å²) in [5.41, 5.74) is -0.515. The minimum atomic E-state index is -2.72. The van der Waals surface area contributed by atoms with Gasteiger partial charge in [0, 0.05) is 18.4 Å². The van der Waals surface area contributed by atoms with Crippen molar-refractivity contribution in [2.75, 3.05) is 0 Å². The lowest BCUT2D eigenvalue weighted by Gasteiger charge is -2.61. The number of aryl methyl sites for hydroxylation is 1. The molecule has 3 N–H and O–H groups in total. The number of rotatable bonds is 4. The van der Waals surface area contributed by atoms with Crippen LogP contribution in [-0.4, -0.2) is 33.6 Å². The van der Waals surface area contributed by atoms with E-state index < -0.39 is 28.8 Å². The Morgan fingerprint density at radius 1 is 1.21 bits per heavy atom. The number of carbonyl (C=O) groups is 2. The molecule has 130 valence electrons. The lowest BCUT2D eigenvalue weighted by molar-refractivity contribution is -0.220. The van der Waals surface area contributed by atoms with Crippen molar-refractivity contribution in [1.29, 1.82) is 0 Å². The molecule has 2 fully saturated rings. The van der Waals surface area contributed by atoms with E-state index in [1.165, 1.54) is 6.07 Å². The molecule has 1 aromatic carbocycles. The average molecular weight is 339 g/mol. The van der Waals surface area contributed by atoms with Crippen LogP contribution >= 0.6 is 0 Å². The molecule has 2 aliphatic carbocycles. The highest BCUT2D eigenvalue weighted by Gasteiger charge is 2.69. The number of carboxylic acid groups (broad SMARTS) is 1. The highest BCUT2D eigenvalue weighted by Crippen LogP contribution is 2.65. The molecule has 0 aromatic heterocycles. The second kappa shape index (κ2) is 5.24. The van der Waals surface area contributed by atoms with Gasteiger partial charge in [-0.15, -0.1) is 0 Å². The second-order valence-electron chi connectivity index (χ2n) is 7.20. The van der Waals surface area contributed by atoms with Gasteiger partial charge in [-0.1, -0.05) is 6.07 Å². The Bertz CT molecular complexity index is 701. The Hall–Kier alpha value is -2.02. The molecule has 0 aliphatic heterocycles. The van der Waals surface area contributed by atoms with E-state index in [1.54, 1.807) is 19.1 Å². The van der Waals surface area contributed by atoms with Gasteiger partial charge in [0.05, 0.1) is 6.61 Å². The lowest BCUT2D eigenvalue weighted by atomic mass is 9.47. The van der Waals surface area contributed by atoms with Gasteiger partial charge in [-0.25, -0.2) is 13.6 Å². The molecule has 24 heavy (non-hydrogen) atoms. The summed E-state index contributed by atoms with van der Waals surface area (Å²) in [5.74, 6) is -4.50. The van der Waals surface area contributed by atoms with Crippen molar-refractivity contribution in [1.82, 2.24) is 5.32 Å². The number of hydrogen-bond acceptors (Lipinski definition) is 3. The third-order valence-corrected chi connectivity index (χ3v) is 5.16. The number of aliphatic carboxylic acids is 1. The van der Waals surface area contributed by atoms with Crippen LogP contribution in [0.1, 0.15) is 47.2 Å². The number of nitrogens with one attached hydrogen (secondary N) is 1.